The minimum atomic E-state index is -1.16. The largest absolute Gasteiger partial charge is 0.493 e. The summed E-state index contributed by atoms with van der Waals surface area (Å²) in [5.41, 5.74) is 0.983. The van der Waals surface area contributed by atoms with E-state index < -0.39 is 30.3 Å². The minimum absolute atomic E-state index is 0.00697. The number of nitrogens with one attached hydrogen (secondary N) is 1. The maximum absolute atomic E-state index is 14.1. The van der Waals surface area contributed by atoms with Crippen molar-refractivity contribution in [3.63, 3.8) is 0 Å². The number of fused-ring (bicyclic) bond motifs is 2. The van der Waals surface area contributed by atoms with Crippen molar-refractivity contribution in [1.29, 1.82) is 0 Å². The van der Waals surface area contributed by atoms with Crippen LogP contribution in [0.1, 0.15) is 0 Å². The summed E-state index contributed by atoms with van der Waals surface area (Å²) >= 11 is 9.15. The first-order valence-corrected chi connectivity index (χ1v) is 10.9. The molecular formula is C21H17BrClF2N3O4. The third-order valence-electron chi connectivity index (χ3n) is 5.39. The summed E-state index contributed by atoms with van der Waals surface area (Å²) in [6, 6.07) is 6.29. The zero-order valence-electron chi connectivity index (χ0n) is 16.6. The quantitative estimate of drug-likeness (QED) is 0.476. The lowest BCUT2D eigenvalue weighted by Crippen LogP contribution is -2.33. The van der Waals surface area contributed by atoms with Crippen LogP contribution in [0.3, 0.4) is 0 Å². The average Bonchev–Trinajstić information content (AvgIpc) is 3.35. The van der Waals surface area contributed by atoms with E-state index >= 15 is 0 Å². The molecule has 2 fully saturated rings. The second-order valence-corrected chi connectivity index (χ2v) is 8.59. The smallest absolute Gasteiger partial charge is 0.164 e. The highest BCUT2D eigenvalue weighted by Crippen LogP contribution is 2.38. The molecule has 3 aromatic rings. The highest BCUT2D eigenvalue weighted by molar-refractivity contribution is 9.10. The number of halogens is 4. The molecular weight excluding hydrogens is 512 g/mol. The van der Waals surface area contributed by atoms with Gasteiger partial charge in [-0.05, 0) is 34.1 Å². The van der Waals surface area contributed by atoms with E-state index in [1.165, 1.54) is 19.5 Å². The number of alkyl halides is 1. The van der Waals surface area contributed by atoms with E-state index in [9.17, 15) is 8.78 Å². The molecule has 2 aromatic carbocycles. The van der Waals surface area contributed by atoms with Crippen molar-refractivity contribution < 1.29 is 27.7 Å². The molecule has 0 saturated carbocycles. The molecule has 32 heavy (non-hydrogen) atoms. The fourth-order valence-electron chi connectivity index (χ4n) is 3.86. The van der Waals surface area contributed by atoms with Gasteiger partial charge in [-0.1, -0.05) is 11.6 Å². The van der Waals surface area contributed by atoms with Crippen molar-refractivity contribution in [2.45, 2.75) is 24.5 Å². The molecule has 11 heteroatoms. The monoisotopic (exact) mass is 527 g/mol. The van der Waals surface area contributed by atoms with Crippen molar-refractivity contribution in [3.05, 3.63) is 45.9 Å². The lowest BCUT2D eigenvalue weighted by atomic mass is 10.1. The summed E-state index contributed by atoms with van der Waals surface area (Å²) in [6.45, 7) is 0.205. The fraction of sp³-hybridized carbons (Fsp3) is 0.333. The number of aromatic nitrogens is 2. The number of benzene rings is 2. The van der Waals surface area contributed by atoms with Crippen molar-refractivity contribution in [1.82, 2.24) is 9.97 Å². The Labute approximate surface area is 195 Å². The molecule has 168 valence electrons. The summed E-state index contributed by atoms with van der Waals surface area (Å²) in [4.78, 5) is 8.57. The van der Waals surface area contributed by atoms with E-state index in [1.54, 1.807) is 18.2 Å². The molecule has 0 radical (unpaired) electrons. The molecule has 5 rings (SSSR count). The van der Waals surface area contributed by atoms with E-state index in [2.05, 4.69) is 31.2 Å². The maximum atomic E-state index is 14.1. The van der Waals surface area contributed by atoms with Crippen molar-refractivity contribution >= 4 is 49.9 Å². The molecule has 3 heterocycles. The van der Waals surface area contributed by atoms with Gasteiger partial charge in [0.05, 0.1) is 35.3 Å². The number of methoxy groups -OCH3 is 1. The zero-order valence-corrected chi connectivity index (χ0v) is 19.0. The number of nitrogens with zero attached hydrogens (tertiary/aromatic N) is 2. The predicted octanol–water partition coefficient (Wildman–Crippen LogP) is 4.82. The number of anilines is 2. The predicted molar refractivity (Wildman–Crippen MR) is 117 cm³/mol. The Balaban J connectivity index is 1.46. The van der Waals surface area contributed by atoms with E-state index in [0.717, 1.165) is 0 Å². The minimum Gasteiger partial charge on any atom is -0.493 e. The average molecular weight is 529 g/mol. The maximum Gasteiger partial charge on any atom is 0.164 e. The molecule has 0 bridgehead atoms. The van der Waals surface area contributed by atoms with Gasteiger partial charge in [0, 0.05) is 17.1 Å². The molecule has 0 aliphatic carbocycles. The molecule has 2 aliphatic rings. The highest BCUT2D eigenvalue weighted by atomic mass is 79.9. The summed E-state index contributed by atoms with van der Waals surface area (Å²) in [6.07, 6.45) is -1.36. The fourth-order valence-corrected chi connectivity index (χ4v) is 4.30. The van der Waals surface area contributed by atoms with Gasteiger partial charge >= 0.3 is 0 Å². The molecule has 2 aliphatic heterocycles. The van der Waals surface area contributed by atoms with Gasteiger partial charge in [0.25, 0.3) is 0 Å². The molecule has 0 spiro atoms. The van der Waals surface area contributed by atoms with Crippen molar-refractivity contribution in [3.8, 4) is 11.5 Å². The van der Waals surface area contributed by atoms with Crippen LogP contribution >= 0.6 is 27.5 Å². The van der Waals surface area contributed by atoms with E-state index in [4.69, 9.17) is 30.5 Å². The van der Waals surface area contributed by atoms with Crippen LogP contribution in [-0.4, -0.2) is 54.8 Å². The zero-order chi connectivity index (χ0) is 22.4. The number of ether oxygens (including phenoxy) is 4. The van der Waals surface area contributed by atoms with E-state index in [1.807, 2.05) is 0 Å². The van der Waals surface area contributed by atoms with Gasteiger partial charge in [0.1, 0.15) is 30.2 Å². The van der Waals surface area contributed by atoms with E-state index in [-0.39, 0.29) is 22.7 Å². The SMILES string of the molecule is COc1cc2c(Nc3cc(F)c(Br)c(Cl)c3)ncnc2cc1OC1CO[C@H]2C(F)CO[C@@H]12. The third kappa shape index (κ3) is 3.85. The summed E-state index contributed by atoms with van der Waals surface area (Å²) in [7, 11) is 1.51. The van der Waals surface area contributed by atoms with Crippen LogP contribution in [0.2, 0.25) is 5.02 Å². The Hall–Kier alpha value is -2.27. The van der Waals surface area contributed by atoms with Crippen LogP contribution in [0.4, 0.5) is 20.3 Å². The third-order valence-corrected chi connectivity index (χ3v) is 6.73. The van der Waals surface area contributed by atoms with Gasteiger partial charge in [-0.2, -0.15) is 0 Å². The molecule has 1 N–H and O–H groups in total. The first-order valence-electron chi connectivity index (χ1n) is 9.73. The Morgan fingerprint density at radius 3 is 2.72 bits per heavy atom. The van der Waals surface area contributed by atoms with Crippen LogP contribution in [0.15, 0.2) is 35.1 Å². The van der Waals surface area contributed by atoms with Gasteiger partial charge in [0.2, 0.25) is 0 Å². The van der Waals surface area contributed by atoms with Gasteiger partial charge in [-0.25, -0.2) is 18.7 Å². The van der Waals surface area contributed by atoms with Gasteiger partial charge < -0.3 is 24.3 Å². The van der Waals surface area contributed by atoms with Crippen molar-refractivity contribution in [2.24, 2.45) is 0 Å². The Morgan fingerprint density at radius 1 is 1.12 bits per heavy atom. The molecule has 7 nitrogen and oxygen atoms in total. The molecule has 4 atom stereocenters. The van der Waals surface area contributed by atoms with Gasteiger partial charge in [-0.3, -0.25) is 0 Å². The number of hydrogen-bond donors (Lipinski definition) is 1. The molecule has 0 amide bonds. The first kappa shape index (κ1) is 21.6. The molecule has 2 unspecified atom stereocenters. The molecule has 1 aromatic heterocycles. The molecule has 2 saturated heterocycles. The summed E-state index contributed by atoms with van der Waals surface area (Å²) < 4.78 is 50.7. The lowest BCUT2D eigenvalue weighted by Gasteiger charge is -2.20. The second kappa shape index (κ2) is 8.58. The normalized spacial score (nSPS) is 24.5. The van der Waals surface area contributed by atoms with Gasteiger partial charge in [-0.15, -0.1) is 0 Å². The second-order valence-electron chi connectivity index (χ2n) is 7.39. The Kier molecular flexibility index (Phi) is 5.79. The first-order chi connectivity index (χ1) is 15.4. The van der Waals surface area contributed by atoms with Gasteiger partial charge in [0.15, 0.2) is 23.8 Å². The van der Waals surface area contributed by atoms with Crippen LogP contribution in [0.5, 0.6) is 11.5 Å². The summed E-state index contributed by atoms with van der Waals surface area (Å²) in [5, 5.41) is 3.91. The highest BCUT2D eigenvalue weighted by Gasteiger charge is 2.49. The standard InChI is InChI=1S/C21H17BrClF2N3O4/c1-29-15-4-10-14(5-16(15)32-17-7-31-19-13(25)6-30-20(17)19)26-8-27-21(10)28-9-2-11(23)18(22)12(24)3-9/h2-5,8,13,17,19-20H,6-7H2,1H3,(H,26,27,28)/t13?,17?,19-,20-/m0/s1. The lowest BCUT2D eigenvalue weighted by molar-refractivity contribution is 0.0271. The van der Waals surface area contributed by atoms with Crippen LogP contribution in [0, 0.1) is 5.82 Å². The topological polar surface area (TPSA) is 74.7 Å². The van der Waals surface area contributed by atoms with E-state index in [0.29, 0.717) is 33.9 Å². The van der Waals surface area contributed by atoms with Crippen molar-refractivity contribution in [2.75, 3.05) is 25.6 Å². The Morgan fingerprint density at radius 2 is 1.94 bits per heavy atom. The number of hydrogen-bond acceptors (Lipinski definition) is 7. The summed E-state index contributed by atoms with van der Waals surface area (Å²) in [5.74, 6) is 0.769. The van der Waals surface area contributed by atoms with Crippen LogP contribution in [0.25, 0.3) is 10.9 Å². The van der Waals surface area contributed by atoms with Crippen LogP contribution < -0.4 is 14.8 Å². The Bertz CT molecular complexity index is 1160. The number of rotatable bonds is 5. The van der Waals surface area contributed by atoms with Crippen LogP contribution in [-0.2, 0) is 9.47 Å².